The molecular formula is C22H23N5O3. The van der Waals surface area contributed by atoms with E-state index in [9.17, 15) is 0 Å². The zero-order valence-corrected chi connectivity index (χ0v) is 16.7. The molecule has 8 nitrogen and oxygen atoms in total. The molecule has 0 radical (unpaired) electrons. The van der Waals surface area contributed by atoms with Crippen molar-refractivity contribution >= 4 is 17.5 Å². The van der Waals surface area contributed by atoms with Crippen molar-refractivity contribution in [1.29, 1.82) is 0 Å². The van der Waals surface area contributed by atoms with E-state index in [-0.39, 0.29) is 12.7 Å². The lowest BCUT2D eigenvalue weighted by Crippen LogP contribution is -2.37. The maximum absolute atomic E-state index is 5.98. The van der Waals surface area contributed by atoms with E-state index < -0.39 is 0 Å². The van der Waals surface area contributed by atoms with Gasteiger partial charge in [-0.05, 0) is 36.2 Å². The van der Waals surface area contributed by atoms with Crippen LogP contribution in [0.5, 0.6) is 17.2 Å². The minimum Gasteiger partial charge on any atom is -0.495 e. The van der Waals surface area contributed by atoms with E-state index in [1.165, 1.54) is 6.42 Å². The molecule has 3 heterocycles. The second kappa shape index (κ2) is 7.62. The molecule has 2 aromatic carbocycles. The summed E-state index contributed by atoms with van der Waals surface area (Å²) in [6.45, 7) is 2.95. The van der Waals surface area contributed by atoms with Crippen molar-refractivity contribution in [3.63, 3.8) is 0 Å². The largest absolute Gasteiger partial charge is 0.495 e. The first-order valence-corrected chi connectivity index (χ1v) is 9.90. The molecular weight excluding hydrogens is 382 g/mol. The number of methoxy groups -OCH3 is 1. The highest BCUT2D eigenvalue weighted by atomic mass is 16.7. The van der Waals surface area contributed by atoms with Gasteiger partial charge in [0.05, 0.1) is 18.5 Å². The standard InChI is InChI=1S/C22H23N5O3/c1-28-19-10-15(4-5-17(19)27-7-2-8-27)16-11-21(26-22(23)25-16)24-12-14-3-6-18-20(9-14)30-13-29-18/h3-6,9-11H,2,7-8,12-13H2,1H3,(H3,23,24,25,26). The quantitative estimate of drug-likeness (QED) is 0.645. The molecule has 3 aromatic rings. The molecule has 3 N–H and O–H groups in total. The fourth-order valence-electron chi connectivity index (χ4n) is 3.60. The third kappa shape index (κ3) is 3.52. The summed E-state index contributed by atoms with van der Waals surface area (Å²) in [5, 5.41) is 3.31. The fourth-order valence-corrected chi connectivity index (χ4v) is 3.60. The summed E-state index contributed by atoms with van der Waals surface area (Å²) >= 11 is 0. The van der Waals surface area contributed by atoms with E-state index in [1.54, 1.807) is 7.11 Å². The molecule has 1 aromatic heterocycles. The number of fused-ring (bicyclic) bond motifs is 1. The van der Waals surface area contributed by atoms with E-state index in [1.807, 2.05) is 36.4 Å². The molecule has 30 heavy (non-hydrogen) atoms. The Morgan fingerprint density at radius 2 is 1.93 bits per heavy atom. The Labute approximate surface area is 174 Å². The average molecular weight is 405 g/mol. The second-order valence-electron chi connectivity index (χ2n) is 7.27. The summed E-state index contributed by atoms with van der Waals surface area (Å²) in [5.41, 5.74) is 9.81. The lowest BCUT2D eigenvalue weighted by atomic mass is 10.1. The Hall–Kier alpha value is -3.68. The van der Waals surface area contributed by atoms with Gasteiger partial charge >= 0.3 is 0 Å². The highest BCUT2D eigenvalue weighted by molar-refractivity contribution is 5.72. The van der Waals surface area contributed by atoms with Gasteiger partial charge in [-0.1, -0.05) is 12.1 Å². The summed E-state index contributed by atoms with van der Waals surface area (Å²) in [5.74, 6) is 3.22. The molecule has 1 fully saturated rings. The zero-order chi connectivity index (χ0) is 20.5. The Balaban J connectivity index is 1.37. The van der Waals surface area contributed by atoms with Crippen LogP contribution in [0.1, 0.15) is 12.0 Å². The zero-order valence-electron chi connectivity index (χ0n) is 16.7. The van der Waals surface area contributed by atoms with Crippen molar-refractivity contribution in [3.8, 4) is 28.5 Å². The van der Waals surface area contributed by atoms with E-state index in [0.29, 0.717) is 12.4 Å². The number of ether oxygens (including phenoxy) is 3. The molecule has 0 atom stereocenters. The number of nitrogens with two attached hydrogens (primary N) is 1. The van der Waals surface area contributed by atoms with Crippen molar-refractivity contribution < 1.29 is 14.2 Å². The summed E-state index contributed by atoms with van der Waals surface area (Å²) in [7, 11) is 1.69. The van der Waals surface area contributed by atoms with Gasteiger partial charge in [0.2, 0.25) is 12.7 Å². The molecule has 0 amide bonds. The van der Waals surface area contributed by atoms with Crippen LogP contribution in [0, 0.1) is 0 Å². The fraction of sp³-hybridized carbons (Fsp3) is 0.273. The van der Waals surface area contributed by atoms with Gasteiger partial charge in [0.25, 0.3) is 0 Å². The molecule has 154 valence electrons. The predicted octanol–water partition coefficient (Wildman–Crippen LogP) is 3.29. The first kappa shape index (κ1) is 18.4. The lowest BCUT2D eigenvalue weighted by Gasteiger charge is -2.34. The number of nitrogen functional groups attached to an aromatic ring is 1. The third-order valence-electron chi connectivity index (χ3n) is 5.33. The smallest absolute Gasteiger partial charge is 0.231 e. The highest BCUT2D eigenvalue weighted by Gasteiger charge is 2.19. The number of nitrogens with zero attached hydrogens (tertiary/aromatic N) is 3. The minimum atomic E-state index is 0.214. The molecule has 0 aliphatic carbocycles. The second-order valence-corrected chi connectivity index (χ2v) is 7.27. The first-order chi connectivity index (χ1) is 14.7. The third-order valence-corrected chi connectivity index (χ3v) is 5.33. The van der Waals surface area contributed by atoms with Crippen molar-refractivity contribution in [1.82, 2.24) is 9.97 Å². The monoisotopic (exact) mass is 405 g/mol. The summed E-state index contributed by atoms with van der Waals surface area (Å²) in [4.78, 5) is 11.0. The van der Waals surface area contributed by atoms with Gasteiger partial charge in [-0.2, -0.15) is 4.98 Å². The molecule has 0 unspecified atom stereocenters. The topological polar surface area (TPSA) is 94.8 Å². The average Bonchev–Trinajstić information content (AvgIpc) is 3.19. The molecule has 1 saturated heterocycles. The van der Waals surface area contributed by atoms with Gasteiger partial charge in [-0.25, -0.2) is 4.98 Å². The van der Waals surface area contributed by atoms with Gasteiger partial charge in [0.1, 0.15) is 11.6 Å². The Morgan fingerprint density at radius 1 is 1.07 bits per heavy atom. The summed E-state index contributed by atoms with van der Waals surface area (Å²) in [6.07, 6.45) is 1.21. The number of anilines is 3. The predicted molar refractivity (Wildman–Crippen MR) is 115 cm³/mol. The van der Waals surface area contributed by atoms with Crippen LogP contribution in [0.15, 0.2) is 42.5 Å². The summed E-state index contributed by atoms with van der Waals surface area (Å²) in [6, 6.07) is 13.9. The number of aromatic nitrogens is 2. The maximum Gasteiger partial charge on any atom is 0.231 e. The van der Waals surface area contributed by atoms with Crippen molar-refractivity contribution in [2.24, 2.45) is 0 Å². The van der Waals surface area contributed by atoms with Gasteiger partial charge in [0, 0.05) is 31.3 Å². The van der Waals surface area contributed by atoms with E-state index in [0.717, 1.165) is 52.8 Å². The van der Waals surface area contributed by atoms with Gasteiger partial charge in [-0.3, -0.25) is 0 Å². The Bertz CT molecular complexity index is 1080. The van der Waals surface area contributed by atoms with Crippen molar-refractivity contribution in [3.05, 3.63) is 48.0 Å². The lowest BCUT2D eigenvalue weighted by molar-refractivity contribution is 0.174. The van der Waals surface area contributed by atoms with Gasteiger partial charge < -0.3 is 30.2 Å². The maximum atomic E-state index is 5.98. The highest BCUT2D eigenvalue weighted by Crippen LogP contribution is 2.36. The number of hydrogen-bond donors (Lipinski definition) is 2. The van der Waals surface area contributed by atoms with E-state index >= 15 is 0 Å². The Morgan fingerprint density at radius 3 is 2.73 bits per heavy atom. The summed E-state index contributed by atoms with van der Waals surface area (Å²) < 4.78 is 16.4. The van der Waals surface area contributed by atoms with E-state index in [4.69, 9.17) is 19.9 Å². The van der Waals surface area contributed by atoms with Gasteiger partial charge in [0.15, 0.2) is 11.5 Å². The number of hydrogen-bond acceptors (Lipinski definition) is 8. The molecule has 0 saturated carbocycles. The van der Waals surface area contributed by atoms with Crippen molar-refractivity contribution in [2.75, 3.05) is 42.9 Å². The molecule has 5 rings (SSSR count). The minimum absolute atomic E-state index is 0.214. The number of benzene rings is 2. The normalized spacial score (nSPS) is 14.4. The van der Waals surface area contributed by atoms with Crippen LogP contribution in [0.25, 0.3) is 11.3 Å². The van der Waals surface area contributed by atoms with Gasteiger partial charge in [-0.15, -0.1) is 0 Å². The number of nitrogens with one attached hydrogen (secondary N) is 1. The molecule has 2 aliphatic rings. The van der Waals surface area contributed by atoms with Crippen LogP contribution in [0.4, 0.5) is 17.5 Å². The number of rotatable bonds is 6. The van der Waals surface area contributed by atoms with Crippen molar-refractivity contribution in [2.45, 2.75) is 13.0 Å². The molecule has 0 bridgehead atoms. The Kier molecular flexibility index (Phi) is 4.66. The van der Waals surface area contributed by atoms with Crippen LogP contribution in [0.3, 0.4) is 0 Å². The van der Waals surface area contributed by atoms with Crippen LogP contribution >= 0.6 is 0 Å². The van der Waals surface area contributed by atoms with Crippen LogP contribution in [-0.2, 0) is 6.54 Å². The van der Waals surface area contributed by atoms with Crippen LogP contribution in [-0.4, -0.2) is 37.0 Å². The first-order valence-electron chi connectivity index (χ1n) is 9.90. The SMILES string of the molecule is COc1cc(-c2cc(NCc3ccc4c(c3)OCO4)nc(N)n2)ccc1N1CCC1. The van der Waals surface area contributed by atoms with Crippen LogP contribution < -0.4 is 30.2 Å². The molecule has 2 aliphatic heterocycles. The molecule has 0 spiro atoms. The molecule has 8 heteroatoms. The van der Waals surface area contributed by atoms with Crippen LogP contribution in [0.2, 0.25) is 0 Å². The van der Waals surface area contributed by atoms with E-state index in [2.05, 4.69) is 26.3 Å².